The molecule has 0 atom stereocenters. The molecule has 1 saturated carbocycles. The molecule has 1 fully saturated rings. The molecule has 7 heteroatoms. The summed E-state index contributed by atoms with van der Waals surface area (Å²) in [7, 11) is 1.20. The molecule has 0 radical (unpaired) electrons. The first-order valence-electron chi connectivity index (χ1n) is 6.69. The minimum absolute atomic E-state index is 0.0133. The third-order valence-corrected chi connectivity index (χ3v) is 3.58. The first-order valence-corrected chi connectivity index (χ1v) is 6.69. The Morgan fingerprint density at radius 3 is 2.68 bits per heavy atom. The first-order chi connectivity index (χ1) is 10.6. The maximum atomic E-state index is 14.1. The molecule has 0 saturated heterocycles. The lowest BCUT2D eigenvalue weighted by molar-refractivity contribution is 0.0599. The van der Waals surface area contributed by atoms with Gasteiger partial charge >= 0.3 is 5.97 Å². The Hall–Kier alpha value is -2.57. The van der Waals surface area contributed by atoms with E-state index in [0.29, 0.717) is 12.8 Å². The number of anilines is 1. The van der Waals surface area contributed by atoms with Crippen molar-refractivity contribution in [3.05, 3.63) is 53.5 Å². The van der Waals surface area contributed by atoms with Crippen LogP contribution in [0.2, 0.25) is 0 Å². The van der Waals surface area contributed by atoms with Crippen molar-refractivity contribution in [2.24, 2.45) is 0 Å². The third kappa shape index (κ3) is 2.49. The molecule has 0 bridgehead atoms. The van der Waals surface area contributed by atoms with Crippen molar-refractivity contribution in [3.63, 3.8) is 0 Å². The van der Waals surface area contributed by atoms with Gasteiger partial charge in [0.05, 0.1) is 18.2 Å². The molecule has 1 aliphatic rings. The van der Waals surface area contributed by atoms with Crippen molar-refractivity contribution in [3.8, 4) is 0 Å². The molecule has 2 aromatic rings. The summed E-state index contributed by atoms with van der Waals surface area (Å²) in [5.74, 6) is -1.87. The highest BCUT2D eigenvalue weighted by Gasteiger charge is 2.48. The van der Waals surface area contributed by atoms with E-state index in [9.17, 15) is 13.6 Å². The topological polar surface area (TPSA) is 64.1 Å². The summed E-state index contributed by atoms with van der Waals surface area (Å²) in [5.41, 5.74) is -0.487. The van der Waals surface area contributed by atoms with Crippen molar-refractivity contribution in [2.45, 2.75) is 18.4 Å². The fourth-order valence-corrected chi connectivity index (χ4v) is 2.27. The van der Waals surface area contributed by atoms with Crippen LogP contribution >= 0.6 is 0 Å². The number of hydrogen-bond acceptors (Lipinski definition) is 5. The van der Waals surface area contributed by atoms with Crippen molar-refractivity contribution in [1.82, 2.24) is 9.97 Å². The zero-order valence-electron chi connectivity index (χ0n) is 11.8. The SMILES string of the molecule is COC(=O)c1cnc(NC2(c3ncccc3F)CC2)c(F)c1. The number of esters is 1. The number of carbonyl (C=O) groups is 1. The predicted octanol–water partition coefficient (Wildman–Crippen LogP) is 2.64. The van der Waals surface area contributed by atoms with E-state index in [1.165, 1.54) is 31.6 Å². The molecule has 2 aromatic heterocycles. The van der Waals surface area contributed by atoms with Gasteiger partial charge in [-0.3, -0.25) is 4.98 Å². The number of methoxy groups -OCH3 is 1. The van der Waals surface area contributed by atoms with Crippen LogP contribution < -0.4 is 5.32 Å². The number of hydrogen-bond donors (Lipinski definition) is 1. The van der Waals surface area contributed by atoms with E-state index in [4.69, 9.17) is 0 Å². The van der Waals surface area contributed by atoms with E-state index in [0.717, 1.165) is 6.07 Å². The van der Waals surface area contributed by atoms with Crippen LogP contribution in [-0.4, -0.2) is 23.0 Å². The maximum absolute atomic E-state index is 14.1. The Morgan fingerprint density at radius 2 is 2.09 bits per heavy atom. The zero-order valence-corrected chi connectivity index (χ0v) is 11.8. The molecule has 114 valence electrons. The summed E-state index contributed by atoms with van der Waals surface area (Å²) in [5, 5.41) is 2.90. The largest absolute Gasteiger partial charge is 0.465 e. The molecule has 2 heterocycles. The van der Waals surface area contributed by atoms with Crippen LogP contribution in [0.15, 0.2) is 30.6 Å². The normalized spacial score (nSPS) is 15.2. The average molecular weight is 305 g/mol. The van der Waals surface area contributed by atoms with Crippen molar-refractivity contribution in [1.29, 1.82) is 0 Å². The lowest BCUT2D eigenvalue weighted by atomic mass is 10.1. The number of nitrogens with one attached hydrogen (secondary N) is 1. The lowest BCUT2D eigenvalue weighted by Crippen LogP contribution is -2.23. The van der Waals surface area contributed by atoms with Gasteiger partial charge in [-0.1, -0.05) is 0 Å². The summed E-state index contributed by atoms with van der Waals surface area (Å²) >= 11 is 0. The second kappa shape index (κ2) is 5.32. The molecular formula is C15H13F2N3O2. The number of ether oxygens (including phenoxy) is 1. The van der Waals surface area contributed by atoms with Gasteiger partial charge in [0.2, 0.25) is 0 Å². The van der Waals surface area contributed by atoms with Crippen LogP contribution in [0.25, 0.3) is 0 Å². The van der Waals surface area contributed by atoms with Gasteiger partial charge in [-0.15, -0.1) is 0 Å². The predicted molar refractivity (Wildman–Crippen MR) is 74.3 cm³/mol. The average Bonchev–Trinajstić information content (AvgIpc) is 3.29. The van der Waals surface area contributed by atoms with E-state index in [-0.39, 0.29) is 17.1 Å². The lowest BCUT2D eigenvalue weighted by Gasteiger charge is -2.18. The van der Waals surface area contributed by atoms with Crippen molar-refractivity contribution < 1.29 is 18.3 Å². The molecule has 3 rings (SSSR count). The fourth-order valence-electron chi connectivity index (χ4n) is 2.27. The Morgan fingerprint density at radius 1 is 1.32 bits per heavy atom. The molecule has 0 spiro atoms. The van der Waals surface area contributed by atoms with Gasteiger partial charge in [0.15, 0.2) is 11.6 Å². The van der Waals surface area contributed by atoms with Crippen LogP contribution in [0.3, 0.4) is 0 Å². The fraction of sp³-hybridized carbons (Fsp3) is 0.267. The Labute approximate surface area is 125 Å². The summed E-state index contributed by atoms with van der Waals surface area (Å²) in [6.07, 6.45) is 3.95. The number of carbonyl (C=O) groups excluding carboxylic acids is 1. The summed E-state index contributed by atoms with van der Waals surface area (Å²) in [6.45, 7) is 0. The highest BCUT2D eigenvalue weighted by atomic mass is 19.1. The third-order valence-electron chi connectivity index (χ3n) is 3.58. The van der Waals surface area contributed by atoms with E-state index in [1.54, 1.807) is 0 Å². The van der Waals surface area contributed by atoms with Gasteiger partial charge in [0.1, 0.15) is 11.5 Å². The quantitative estimate of drug-likeness (QED) is 0.880. The number of nitrogens with zero attached hydrogens (tertiary/aromatic N) is 2. The zero-order chi connectivity index (χ0) is 15.7. The number of rotatable bonds is 4. The van der Waals surface area contributed by atoms with Crippen LogP contribution in [-0.2, 0) is 10.3 Å². The molecule has 0 aliphatic heterocycles. The van der Waals surface area contributed by atoms with Crippen LogP contribution in [0.5, 0.6) is 0 Å². The van der Waals surface area contributed by atoms with E-state index in [1.807, 2.05) is 0 Å². The van der Waals surface area contributed by atoms with Crippen molar-refractivity contribution in [2.75, 3.05) is 12.4 Å². The van der Waals surface area contributed by atoms with Crippen molar-refractivity contribution >= 4 is 11.8 Å². The van der Waals surface area contributed by atoms with Crippen LogP contribution in [0.4, 0.5) is 14.6 Å². The maximum Gasteiger partial charge on any atom is 0.339 e. The number of aromatic nitrogens is 2. The summed E-state index contributed by atoms with van der Waals surface area (Å²) in [6, 6.07) is 3.85. The highest BCUT2D eigenvalue weighted by molar-refractivity contribution is 5.89. The molecule has 22 heavy (non-hydrogen) atoms. The van der Waals surface area contributed by atoms with E-state index >= 15 is 0 Å². The molecule has 0 aromatic carbocycles. The molecule has 5 nitrogen and oxygen atoms in total. The first kappa shape index (κ1) is 14.4. The minimum Gasteiger partial charge on any atom is -0.465 e. The van der Waals surface area contributed by atoms with E-state index < -0.39 is 23.1 Å². The second-order valence-corrected chi connectivity index (χ2v) is 5.09. The molecule has 1 N–H and O–H groups in total. The molecule has 0 amide bonds. The minimum atomic E-state index is -0.744. The Kier molecular flexibility index (Phi) is 3.48. The summed E-state index contributed by atoms with van der Waals surface area (Å²) < 4.78 is 32.4. The second-order valence-electron chi connectivity index (χ2n) is 5.09. The van der Waals surface area contributed by atoms with Gasteiger partial charge in [-0.2, -0.15) is 0 Å². The monoisotopic (exact) mass is 305 g/mol. The van der Waals surface area contributed by atoms with Crippen LogP contribution in [0.1, 0.15) is 28.9 Å². The smallest absolute Gasteiger partial charge is 0.339 e. The molecular weight excluding hydrogens is 292 g/mol. The van der Waals surface area contributed by atoms with Gasteiger partial charge < -0.3 is 10.1 Å². The number of halogens is 2. The Bertz CT molecular complexity index is 732. The van der Waals surface area contributed by atoms with Gasteiger partial charge in [0.25, 0.3) is 0 Å². The molecule has 1 aliphatic carbocycles. The highest BCUT2D eigenvalue weighted by Crippen LogP contribution is 2.48. The Balaban J connectivity index is 1.88. The number of pyridine rings is 2. The van der Waals surface area contributed by atoms with Crippen LogP contribution in [0, 0.1) is 11.6 Å². The molecule has 0 unspecified atom stereocenters. The standard InChI is InChI=1S/C15H13F2N3O2/c1-22-14(21)9-7-11(17)13(19-8-9)20-15(4-5-15)12-10(16)3-2-6-18-12/h2-3,6-8H,4-5H2,1H3,(H,19,20). The van der Waals surface area contributed by atoms with Gasteiger partial charge in [-0.25, -0.2) is 18.6 Å². The van der Waals surface area contributed by atoms with Gasteiger partial charge in [0, 0.05) is 12.4 Å². The van der Waals surface area contributed by atoms with E-state index in [2.05, 4.69) is 20.0 Å². The summed E-state index contributed by atoms with van der Waals surface area (Å²) in [4.78, 5) is 19.3. The van der Waals surface area contributed by atoms with Gasteiger partial charge in [-0.05, 0) is 31.0 Å².